The summed E-state index contributed by atoms with van der Waals surface area (Å²) in [6, 6.07) is 10.7. The average Bonchev–Trinajstić information content (AvgIpc) is 2.69. The predicted octanol–water partition coefficient (Wildman–Crippen LogP) is 2.62. The number of likely N-dealkylation sites (tertiary alicyclic amines) is 1. The summed E-state index contributed by atoms with van der Waals surface area (Å²) in [4.78, 5) is 14.3. The molecule has 28 heavy (non-hydrogen) atoms. The van der Waals surface area contributed by atoms with Crippen LogP contribution in [0.4, 0.5) is 8.78 Å². The van der Waals surface area contributed by atoms with E-state index in [0.717, 1.165) is 0 Å². The molecule has 1 amide bonds. The Balaban J connectivity index is 1.65. The first-order chi connectivity index (χ1) is 13.4. The van der Waals surface area contributed by atoms with E-state index >= 15 is 0 Å². The second-order valence-electron chi connectivity index (χ2n) is 7.01. The molecule has 0 radical (unpaired) electrons. The summed E-state index contributed by atoms with van der Waals surface area (Å²) >= 11 is 0. The van der Waals surface area contributed by atoms with E-state index in [-0.39, 0.29) is 25.5 Å². The molecule has 2 N–H and O–H groups in total. The zero-order valence-corrected chi connectivity index (χ0v) is 15.8. The van der Waals surface area contributed by atoms with Gasteiger partial charge in [-0.15, -0.1) is 0 Å². The minimum Gasteiger partial charge on any atom is -0.497 e. The summed E-state index contributed by atoms with van der Waals surface area (Å²) < 4.78 is 32.9. The molecule has 3 rings (SSSR count). The van der Waals surface area contributed by atoms with Crippen LogP contribution >= 0.6 is 0 Å². The summed E-state index contributed by atoms with van der Waals surface area (Å²) in [6.45, 7) is 0.687. The van der Waals surface area contributed by atoms with Crippen molar-refractivity contribution >= 4 is 5.91 Å². The van der Waals surface area contributed by atoms with Gasteiger partial charge in [0.1, 0.15) is 17.4 Å². The van der Waals surface area contributed by atoms with Crippen LogP contribution in [0, 0.1) is 11.6 Å². The zero-order chi connectivity index (χ0) is 20.1. The van der Waals surface area contributed by atoms with Crippen LogP contribution in [0.3, 0.4) is 0 Å². The highest BCUT2D eigenvalue weighted by molar-refractivity contribution is 5.86. The van der Waals surface area contributed by atoms with Gasteiger partial charge in [0.15, 0.2) is 5.60 Å². The Hall–Kier alpha value is -2.51. The second kappa shape index (κ2) is 8.67. The smallest absolute Gasteiger partial charge is 0.256 e. The van der Waals surface area contributed by atoms with Crippen LogP contribution in [-0.4, -0.2) is 41.7 Å². The lowest BCUT2D eigenvalue weighted by Gasteiger charge is -2.38. The highest BCUT2D eigenvalue weighted by Gasteiger charge is 2.41. The van der Waals surface area contributed by atoms with E-state index in [1.165, 1.54) is 30.2 Å². The van der Waals surface area contributed by atoms with Gasteiger partial charge in [0.2, 0.25) is 0 Å². The fourth-order valence-corrected chi connectivity index (χ4v) is 3.43. The van der Waals surface area contributed by atoms with Gasteiger partial charge in [0.25, 0.3) is 5.91 Å². The normalized spacial score (nSPS) is 19.7. The number of ether oxygens (including phenoxy) is 1. The van der Waals surface area contributed by atoms with Gasteiger partial charge in [-0.3, -0.25) is 4.79 Å². The summed E-state index contributed by atoms with van der Waals surface area (Å²) in [5.41, 5.74) is -0.806. The number of carbonyl (C=O) groups is 1. The number of rotatable bonds is 7. The number of methoxy groups -OCH3 is 1. The molecule has 2 aromatic carbocycles. The number of halogens is 2. The quantitative estimate of drug-likeness (QED) is 0.763. The van der Waals surface area contributed by atoms with E-state index in [2.05, 4.69) is 5.32 Å². The molecular weight excluding hydrogens is 366 g/mol. The molecule has 5 nitrogen and oxygen atoms in total. The molecule has 2 aromatic rings. The van der Waals surface area contributed by atoms with E-state index in [4.69, 9.17) is 4.74 Å². The van der Waals surface area contributed by atoms with Crippen LogP contribution in [0.2, 0.25) is 0 Å². The van der Waals surface area contributed by atoms with Gasteiger partial charge in [0.05, 0.1) is 7.11 Å². The molecule has 1 saturated heterocycles. The number of hydrogen-bond donors (Lipinski definition) is 2. The van der Waals surface area contributed by atoms with Crippen LogP contribution in [0.1, 0.15) is 24.0 Å². The Kier molecular flexibility index (Phi) is 6.26. The van der Waals surface area contributed by atoms with Crippen molar-refractivity contribution in [1.29, 1.82) is 0 Å². The van der Waals surface area contributed by atoms with Crippen molar-refractivity contribution in [3.05, 3.63) is 65.2 Å². The van der Waals surface area contributed by atoms with Gasteiger partial charge in [0, 0.05) is 37.3 Å². The van der Waals surface area contributed by atoms with Crippen LogP contribution in [-0.2, 0) is 17.9 Å². The number of amides is 1. The van der Waals surface area contributed by atoms with Gasteiger partial charge in [-0.25, -0.2) is 8.78 Å². The van der Waals surface area contributed by atoms with E-state index in [0.29, 0.717) is 36.3 Å². The number of nitrogens with one attached hydrogen (secondary N) is 1. The molecule has 1 atom stereocenters. The number of hydrogen-bond acceptors (Lipinski definition) is 4. The molecule has 150 valence electrons. The maximum absolute atomic E-state index is 14.1. The molecule has 7 heteroatoms. The van der Waals surface area contributed by atoms with Crippen LogP contribution < -0.4 is 10.1 Å². The van der Waals surface area contributed by atoms with Crippen molar-refractivity contribution in [2.75, 3.05) is 20.2 Å². The summed E-state index contributed by atoms with van der Waals surface area (Å²) in [7, 11) is 1.49. The first-order valence-corrected chi connectivity index (χ1v) is 9.21. The molecule has 0 aliphatic carbocycles. The van der Waals surface area contributed by atoms with Gasteiger partial charge < -0.3 is 20.1 Å². The Morgan fingerprint density at radius 2 is 1.93 bits per heavy atom. The van der Waals surface area contributed by atoms with Crippen LogP contribution in [0.15, 0.2) is 42.5 Å². The lowest BCUT2D eigenvalue weighted by atomic mass is 9.91. The van der Waals surface area contributed by atoms with Gasteiger partial charge in [-0.05, 0) is 37.1 Å². The number of aliphatic hydroxyl groups is 1. The third-order valence-corrected chi connectivity index (χ3v) is 5.01. The average molecular weight is 390 g/mol. The Morgan fingerprint density at radius 3 is 2.68 bits per heavy atom. The predicted molar refractivity (Wildman–Crippen MR) is 101 cm³/mol. The number of piperidine rings is 1. The fourth-order valence-electron chi connectivity index (χ4n) is 3.43. The van der Waals surface area contributed by atoms with Crippen LogP contribution in [0.25, 0.3) is 0 Å². The van der Waals surface area contributed by atoms with Crippen molar-refractivity contribution in [3.8, 4) is 5.75 Å². The van der Waals surface area contributed by atoms with Crippen molar-refractivity contribution in [2.24, 2.45) is 0 Å². The minimum absolute atomic E-state index is 0.00272. The third-order valence-electron chi connectivity index (χ3n) is 5.01. The topological polar surface area (TPSA) is 61.8 Å². The van der Waals surface area contributed by atoms with Gasteiger partial charge >= 0.3 is 0 Å². The van der Waals surface area contributed by atoms with Crippen molar-refractivity contribution in [2.45, 2.75) is 31.5 Å². The maximum Gasteiger partial charge on any atom is 0.256 e. The molecule has 0 unspecified atom stereocenters. The fraction of sp³-hybridized carbons (Fsp3) is 0.381. The summed E-state index contributed by atoms with van der Waals surface area (Å²) in [5, 5.41) is 13.8. The zero-order valence-electron chi connectivity index (χ0n) is 15.8. The van der Waals surface area contributed by atoms with Gasteiger partial charge in [-0.2, -0.15) is 0 Å². The van der Waals surface area contributed by atoms with Crippen molar-refractivity contribution in [3.63, 3.8) is 0 Å². The maximum atomic E-state index is 14.1. The largest absolute Gasteiger partial charge is 0.497 e. The SMILES string of the molecule is COc1ccc(F)c(CN2CCC[C@@](O)(CNCc3ccccc3F)C2=O)c1. The molecule has 0 bridgehead atoms. The molecule has 0 spiro atoms. The molecule has 1 fully saturated rings. The van der Waals surface area contributed by atoms with Crippen molar-refractivity contribution < 1.29 is 23.4 Å². The molecular formula is C21H24F2N2O3. The standard InChI is InChI=1S/C21H24F2N2O3/c1-28-17-7-8-19(23)16(11-17)13-25-10-4-9-21(27,20(25)26)14-24-12-15-5-2-3-6-18(15)22/h2-3,5-8,11,24,27H,4,9-10,12-14H2,1H3/t21-/m1/s1. The van der Waals surface area contributed by atoms with E-state index < -0.39 is 17.3 Å². The van der Waals surface area contributed by atoms with E-state index in [9.17, 15) is 18.7 Å². The lowest BCUT2D eigenvalue weighted by Crippen LogP contribution is -2.57. The molecule has 0 aromatic heterocycles. The van der Waals surface area contributed by atoms with E-state index in [1.54, 1.807) is 24.3 Å². The molecule has 0 saturated carbocycles. The second-order valence-corrected chi connectivity index (χ2v) is 7.01. The minimum atomic E-state index is -1.60. The molecule has 1 aliphatic rings. The lowest BCUT2D eigenvalue weighted by molar-refractivity contribution is -0.157. The highest BCUT2D eigenvalue weighted by atomic mass is 19.1. The van der Waals surface area contributed by atoms with Crippen LogP contribution in [0.5, 0.6) is 5.75 Å². The summed E-state index contributed by atoms with van der Waals surface area (Å²) in [6.07, 6.45) is 0.891. The van der Waals surface area contributed by atoms with Crippen molar-refractivity contribution in [1.82, 2.24) is 10.2 Å². The third kappa shape index (κ3) is 4.48. The van der Waals surface area contributed by atoms with Gasteiger partial charge in [-0.1, -0.05) is 18.2 Å². The number of nitrogens with zero attached hydrogens (tertiary/aromatic N) is 1. The molecule has 1 aliphatic heterocycles. The first kappa shape index (κ1) is 20.2. The number of benzene rings is 2. The molecule has 1 heterocycles. The first-order valence-electron chi connectivity index (χ1n) is 9.21. The monoisotopic (exact) mass is 390 g/mol. The number of carbonyl (C=O) groups excluding carboxylic acids is 1. The Morgan fingerprint density at radius 1 is 1.18 bits per heavy atom. The summed E-state index contributed by atoms with van der Waals surface area (Å²) in [5.74, 6) is -0.725. The highest BCUT2D eigenvalue weighted by Crippen LogP contribution is 2.26. The Bertz CT molecular complexity index is 846. The van der Waals surface area contributed by atoms with E-state index in [1.807, 2.05) is 0 Å². The Labute approximate surface area is 162 Å².